The van der Waals surface area contributed by atoms with Crippen molar-refractivity contribution in [3.63, 3.8) is 0 Å². The zero-order valence-corrected chi connectivity index (χ0v) is 18.5. The highest BCUT2D eigenvalue weighted by Gasteiger charge is 2.18. The number of nitrogens with zero attached hydrogens (tertiary/aromatic N) is 2. The molecule has 0 atom stereocenters. The molecule has 0 spiro atoms. The van der Waals surface area contributed by atoms with Crippen LogP contribution in [0.2, 0.25) is 0 Å². The fraction of sp³-hybridized carbons (Fsp3) is 0.174. The molecule has 2 heterocycles. The number of anilines is 1. The third-order valence-corrected chi connectivity index (χ3v) is 6.00. The predicted molar refractivity (Wildman–Crippen MR) is 122 cm³/mol. The van der Waals surface area contributed by atoms with Crippen LogP contribution in [-0.4, -0.2) is 29.7 Å². The molecular formula is C23H20FN3O4S. The summed E-state index contributed by atoms with van der Waals surface area (Å²) in [4.78, 5) is 31.7. The minimum absolute atomic E-state index is 0.227. The molecule has 0 unspecified atom stereocenters. The topological polar surface area (TPSA) is 82.5 Å². The summed E-state index contributed by atoms with van der Waals surface area (Å²) >= 11 is 1.38. The van der Waals surface area contributed by atoms with Crippen LogP contribution in [0.5, 0.6) is 11.5 Å². The monoisotopic (exact) mass is 453 g/mol. The number of hydrogen-bond acceptors (Lipinski definition) is 6. The molecule has 0 aliphatic heterocycles. The number of carbonyl (C=O) groups excluding carboxylic acids is 1. The van der Waals surface area contributed by atoms with Crippen molar-refractivity contribution >= 4 is 33.1 Å². The quantitative estimate of drug-likeness (QED) is 0.473. The Morgan fingerprint density at radius 1 is 1.16 bits per heavy atom. The van der Waals surface area contributed by atoms with Gasteiger partial charge in [0.05, 0.1) is 31.6 Å². The maximum atomic E-state index is 13.4. The predicted octanol–water partition coefficient (Wildman–Crippen LogP) is 4.23. The summed E-state index contributed by atoms with van der Waals surface area (Å²) < 4.78 is 25.1. The lowest BCUT2D eigenvalue weighted by atomic mass is 10.0. The summed E-state index contributed by atoms with van der Waals surface area (Å²) in [6, 6.07) is 11.0. The summed E-state index contributed by atoms with van der Waals surface area (Å²) in [5, 5.41) is 3.16. The van der Waals surface area contributed by atoms with Gasteiger partial charge in [-0.05, 0) is 36.8 Å². The van der Waals surface area contributed by atoms with Gasteiger partial charge in [-0.25, -0.2) is 9.37 Å². The van der Waals surface area contributed by atoms with Crippen LogP contribution in [0.25, 0.3) is 21.3 Å². The zero-order valence-electron chi connectivity index (χ0n) is 17.6. The van der Waals surface area contributed by atoms with E-state index in [1.54, 1.807) is 30.3 Å². The zero-order chi connectivity index (χ0) is 22.8. The second-order valence-corrected chi connectivity index (χ2v) is 8.22. The van der Waals surface area contributed by atoms with Crippen molar-refractivity contribution in [1.29, 1.82) is 0 Å². The molecule has 1 amide bonds. The van der Waals surface area contributed by atoms with Gasteiger partial charge < -0.3 is 14.8 Å². The van der Waals surface area contributed by atoms with E-state index in [9.17, 15) is 14.0 Å². The van der Waals surface area contributed by atoms with Crippen molar-refractivity contribution in [2.75, 3.05) is 19.5 Å². The number of methoxy groups -OCH3 is 2. The number of hydrogen-bond donors (Lipinski definition) is 1. The van der Waals surface area contributed by atoms with E-state index < -0.39 is 5.91 Å². The van der Waals surface area contributed by atoms with Gasteiger partial charge in [0.2, 0.25) is 5.91 Å². The van der Waals surface area contributed by atoms with E-state index in [-0.39, 0.29) is 17.9 Å². The molecule has 9 heteroatoms. The molecule has 1 N–H and O–H groups in total. The number of fused-ring (bicyclic) bond motifs is 1. The van der Waals surface area contributed by atoms with Gasteiger partial charge in [0, 0.05) is 16.5 Å². The maximum absolute atomic E-state index is 13.4. The molecule has 0 saturated carbocycles. The third-order valence-electron chi connectivity index (χ3n) is 4.98. The second kappa shape index (κ2) is 8.80. The highest BCUT2D eigenvalue weighted by molar-refractivity contribution is 7.19. The molecule has 4 aromatic rings. The van der Waals surface area contributed by atoms with Crippen LogP contribution in [0.3, 0.4) is 0 Å². The SMILES string of the molecule is COc1ccc(NC(=O)Cn2cnc3sc(C)c(-c4ccc(F)cc4)c3c2=O)c(OC)c1. The Balaban J connectivity index is 1.66. The van der Waals surface area contributed by atoms with E-state index in [1.807, 2.05) is 6.92 Å². The Kier molecular flexibility index (Phi) is 5.91. The lowest BCUT2D eigenvalue weighted by Gasteiger charge is -2.12. The minimum Gasteiger partial charge on any atom is -0.497 e. The van der Waals surface area contributed by atoms with Gasteiger partial charge in [0.1, 0.15) is 28.7 Å². The van der Waals surface area contributed by atoms with Gasteiger partial charge in [-0.3, -0.25) is 14.2 Å². The van der Waals surface area contributed by atoms with Crippen molar-refractivity contribution in [2.24, 2.45) is 0 Å². The number of thiophene rings is 1. The molecule has 32 heavy (non-hydrogen) atoms. The molecule has 0 bridgehead atoms. The summed E-state index contributed by atoms with van der Waals surface area (Å²) in [5.41, 5.74) is 1.54. The van der Waals surface area contributed by atoms with Gasteiger partial charge in [0.25, 0.3) is 5.56 Å². The minimum atomic E-state index is -0.410. The molecule has 4 rings (SSSR count). The van der Waals surface area contributed by atoms with Crippen LogP contribution in [0.4, 0.5) is 10.1 Å². The van der Waals surface area contributed by atoms with Crippen molar-refractivity contribution in [1.82, 2.24) is 9.55 Å². The Morgan fingerprint density at radius 2 is 1.91 bits per heavy atom. The molecule has 0 saturated heterocycles. The van der Waals surface area contributed by atoms with Gasteiger partial charge in [-0.15, -0.1) is 11.3 Å². The molecule has 164 valence electrons. The summed E-state index contributed by atoms with van der Waals surface area (Å²) in [7, 11) is 3.03. The number of rotatable bonds is 6. The van der Waals surface area contributed by atoms with Crippen molar-refractivity contribution < 1.29 is 18.7 Å². The van der Waals surface area contributed by atoms with Crippen LogP contribution < -0.4 is 20.3 Å². The first kappa shape index (κ1) is 21.5. The van der Waals surface area contributed by atoms with E-state index in [0.717, 1.165) is 10.4 Å². The summed E-state index contributed by atoms with van der Waals surface area (Å²) in [5.74, 6) is 0.261. The maximum Gasteiger partial charge on any atom is 0.263 e. The van der Waals surface area contributed by atoms with Crippen LogP contribution in [0, 0.1) is 12.7 Å². The van der Waals surface area contributed by atoms with Crippen LogP contribution in [-0.2, 0) is 11.3 Å². The van der Waals surface area contributed by atoms with Crippen LogP contribution in [0.1, 0.15) is 4.88 Å². The fourth-order valence-corrected chi connectivity index (χ4v) is 4.46. The normalized spacial score (nSPS) is 10.9. The highest BCUT2D eigenvalue weighted by Crippen LogP contribution is 2.35. The van der Waals surface area contributed by atoms with Crippen molar-refractivity contribution in [2.45, 2.75) is 13.5 Å². The number of amides is 1. The second-order valence-electron chi connectivity index (χ2n) is 7.01. The number of aromatic nitrogens is 2. The smallest absolute Gasteiger partial charge is 0.263 e. The lowest BCUT2D eigenvalue weighted by Crippen LogP contribution is -2.28. The molecule has 0 fully saturated rings. The Morgan fingerprint density at radius 3 is 2.59 bits per heavy atom. The molecule has 2 aromatic carbocycles. The molecule has 7 nitrogen and oxygen atoms in total. The van der Waals surface area contributed by atoms with Crippen molar-refractivity contribution in [3.05, 3.63) is 69.8 Å². The van der Waals surface area contributed by atoms with E-state index in [0.29, 0.717) is 33.0 Å². The van der Waals surface area contributed by atoms with E-state index in [4.69, 9.17) is 9.47 Å². The summed E-state index contributed by atoms with van der Waals surface area (Å²) in [6.45, 7) is 1.66. The summed E-state index contributed by atoms with van der Waals surface area (Å²) in [6.07, 6.45) is 1.36. The van der Waals surface area contributed by atoms with E-state index in [1.165, 1.54) is 48.6 Å². The number of carbonyl (C=O) groups is 1. The number of benzene rings is 2. The van der Waals surface area contributed by atoms with Gasteiger partial charge >= 0.3 is 0 Å². The fourth-order valence-electron chi connectivity index (χ4n) is 3.46. The molecular weight excluding hydrogens is 433 g/mol. The van der Waals surface area contributed by atoms with Crippen molar-refractivity contribution in [3.8, 4) is 22.6 Å². The Labute approximate surface area is 187 Å². The first-order valence-corrected chi connectivity index (χ1v) is 10.5. The van der Waals surface area contributed by atoms with Gasteiger partial charge in [-0.2, -0.15) is 0 Å². The lowest BCUT2D eigenvalue weighted by molar-refractivity contribution is -0.116. The average molecular weight is 453 g/mol. The van der Waals surface area contributed by atoms with Crippen LogP contribution >= 0.6 is 11.3 Å². The molecule has 0 aliphatic carbocycles. The molecule has 0 radical (unpaired) electrons. The standard InChI is InChI=1S/C23H20FN3O4S/c1-13-20(14-4-6-15(24)7-5-14)21-22(32-13)25-12-27(23(21)29)11-19(28)26-17-9-8-16(30-2)10-18(17)31-3/h4-10,12H,11H2,1-3H3,(H,26,28). The molecule has 0 aliphatic rings. The van der Waals surface area contributed by atoms with E-state index >= 15 is 0 Å². The number of nitrogens with one attached hydrogen (secondary N) is 1. The average Bonchev–Trinajstić information content (AvgIpc) is 3.13. The highest BCUT2D eigenvalue weighted by atomic mass is 32.1. The first-order chi connectivity index (χ1) is 15.4. The van der Waals surface area contributed by atoms with Gasteiger partial charge in [0.15, 0.2) is 0 Å². The molecule has 2 aromatic heterocycles. The number of halogens is 1. The number of aryl methyl sites for hydroxylation is 1. The Hall–Kier alpha value is -3.72. The third kappa shape index (κ3) is 4.06. The van der Waals surface area contributed by atoms with E-state index in [2.05, 4.69) is 10.3 Å². The Bertz CT molecular complexity index is 1360. The first-order valence-electron chi connectivity index (χ1n) is 9.67. The number of ether oxygens (including phenoxy) is 2. The van der Waals surface area contributed by atoms with Crippen LogP contribution in [0.15, 0.2) is 53.6 Å². The van der Waals surface area contributed by atoms with Gasteiger partial charge in [-0.1, -0.05) is 12.1 Å². The largest absolute Gasteiger partial charge is 0.497 e.